The lowest BCUT2D eigenvalue weighted by molar-refractivity contribution is 0.627. The Balaban J connectivity index is 2.34. The first-order valence-electron chi connectivity index (χ1n) is 4.29. The van der Waals surface area contributed by atoms with Gasteiger partial charge in [-0.1, -0.05) is 0 Å². The van der Waals surface area contributed by atoms with Crippen LogP contribution in [0.4, 0.5) is 4.39 Å². The Morgan fingerprint density at radius 1 is 1.29 bits per heavy atom. The lowest BCUT2D eigenvalue weighted by atomic mass is 10.3. The van der Waals surface area contributed by atoms with Crippen LogP contribution in [-0.4, -0.2) is 9.78 Å². The van der Waals surface area contributed by atoms with Crippen LogP contribution in [0.2, 0.25) is 0 Å². The zero-order valence-electron chi connectivity index (χ0n) is 7.52. The Labute approximate surface area is 81.0 Å². The van der Waals surface area contributed by atoms with Crippen LogP contribution in [-0.2, 0) is 6.54 Å². The van der Waals surface area contributed by atoms with Crippen LogP contribution in [0.3, 0.4) is 0 Å². The minimum Gasteiger partial charge on any atom is -0.326 e. The Morgan fingerprint density at radius 3 is 2.57 bits per heavy atom. The molecule has 0 spiro atoms. The van der Waals surface area contributed by atoms with E-state index in [4.69, 9.17) is 5.73 Å². The Bertz CT molecular complexity index is 419. The fourth-order valence-corrected chi connectivity index (χ4v) is 1.20. The van der Waals surface area contributed by atoms with Gasteiger partial charge in [-0.15, -0.1) is 0 Å². The van der Waals surface area contributed by atoms with Gasteiger partial charge in [0.2, 0.25) is 0 Å². The third kappa shape index (κ3) is 1.65. The van der Waals surface area contributed by atoms with E-state index in [0.717, 1.165) is 11.3 Å². The summed E-state index contributed by atoms with van der Waals surface area (Å²) in [5, 5.41) is 4.10. The zero-order valence-corrected chi connectivity index (χ0v) is 7.52. The molecule has 4 heteroatoms. The Hall–Kier alpha value is -1.68. The molecule has 0 atom stereocenters. The van der Waals surface area contributed by atoms with Gasteiger partial charge < -0.3 is 5.73 Å². The van der Waals surface area contributed by atoms with Crippen LogP contribution < -0.4 is 5.73 Å². The summed E-state index contributed by atoms with van der Waals surface area (Å²) in [5.74, 6) is -0.250. The van der Waals surface area contributed by atoms with E-state index in [-0.39, 0.29) is 5.82 Å². The predicted octanol–water partition coefficient (Wildman–Crippen LogP) is 1.47. The molecule has 0 unspecified atom stereocenters. The van der Waals surface area contributed by atoms with Crippen molar-refractivity contribution in [2.45, 2.75) is 6.54 Å². The number of hydrogen-bond acceptors (Lipinski definition) is 2. The van der Waals surface area contributed by atoms with E-state index in [1.807, 2.05) is 6.20 Å². The number of benzene rings is 1. The SMILES string of the molecule is NCc1cnn(-c2ccc(F)cc2)c1. The van der Waals surface area contributed by atoms with Crippen molar-refractivity contribution >= 4 is 0 Å². The number of halogens is 1. The molecule has 2 rings (SSSR count). The summed E-state index contributed by atoms with van der Waals surface area (Å²) in [5.41, 5.74) is 7.23. The molecule has 0 aliphatic rings. The molecule has 0 aliphatic carbocycles. The summed E-state index contributed by atoms with van der Waals surface area (Å²) in [6.45, 7) is 0.460. The second kappa shape index (κ2) is 3.59. The predicted molar refractivity (Wildman–Crippen MR) is 51.4 cm³/mol. The van der Waals surface area contributed by atoms with Gasteiger partial charge in [0.15, 0.2) is 0 Å². The van der Waals surface area contributed by atoms with Crippen molar-refractivity contribution in [1.82, 2.24) is 9.78 Å². The minimum absolute atomic E-state index is 0.250. The Morgan fingerprint density at radius 2 is 2.00 bits per heavy atom. The highest BCUT2D eigenvalue weighted by atomic mass is 19.1. The lowest BCUT2D eigenvalue weighted by Crippen LogP contribution is -1.95. The van der Waals surface area contributed by atoms with Gasteiger partial charge in [0, 0.05) is 18.3 Å². The molecule has 1 heterocycles. The largest absolute Gasteiger partial charge is 0.326 e. The maximum absolute atomic E-state index is 12.6. The molecule has 0 radical (unpaired) electrons. The number of nitrogens with zero attached hydrogens (tertiary/aromatic N) is 2. The summed E-state index contributed by atoms with van der Waals surface area (Å²) in [4.78, 5) is 0. The van der Waals surface area contributed by atoms with Crippen LogP contribution >= 0.6 is 0 Å². The van der Waals surface area contributed by atoms with Crippen molar-refractivity contribution in [2.75, 3.05) is 0 Å². The first-order valence-corrected chi connectivity index (χ1v) is 4.29. The molecule has 0 saturated carbocycles. The highest BCUT2D eigenvalue weighted by molar-refractivity contribution is 5.31. The van der Waals surface area contributed by atoms with E-state index in [2.05, 4.69) is 5.10 Å². The summed E-state index contributed by atoms with van der Waals surface area (Å²) < 4.78 is 14.3. The second-order valence-corrected chi connectivity index (χ2v) is 2.97. The van der Waals surface area contributed by atoms with Gasteiger partial charge in [-0.05, 0) is 24.3 Å². The zero-order chi connectivity index (χ0) is 9.97. The third-order valence-electron chi connectivity index (χ3n) is 1.96. The molecule has 0 amide bonds. The molecule has 0 bridgehead atoms. The average molecular weight is 191 g/mol. The number of nitrogens with two attached hydrogens (primary N) is 1. The van der Waals surface area contributed by atoms with E-state index in [1.165, 1.54) is 12.1 Å². The third-order valence-corrected chi connectivity index (χ3v) is 1.96. The molecule has 2 N–H and O–H groups in total. The Kier molecular flexibility index (Phi) is 2.28. The smallest absolute Gasteiger partial charge is 0.123 e. The number of aromatic nitrogens is 2. The standard InChI is InChI=1S/C10H10FN3/c11-9-1-3-10(4-2-9)14-7-8(5-12)6-13-14/h1-4,6-7H,5,12H2. The van der Waals surface area contributed by atoms with Crippen LogP contribution in [0.1, 0.15) is 5.56 Å². The quantitative estimate of drug-likeness (QED) is 0.781. The van der Waals surface area contributed by atoms with Gasteiger partial charge in [-0.3, -0.25) is 0 Å². The van der Waals surface area contributed by atoms with Crippen LogP contribution in [0, 0.1) is 5.82 Å². The first-order chi connectivity index (χ1) is 6.79. The second-order valence-electron chi connectivity index (χ2n) is 2.97. The molecule has 72 valence electrons. The van der Waals surface area contributed by atoms with Crippen molar-refractivity contribution in [3.05, 3.63) is 48.0 Å². The fraction of sp³-hybridized carbons (Fsp3) is 0.100. The van der Waals surface area contributed by atoms with E-state index >= 15 is 0 Å². The normalized spacial score (nSPS) is 10.4. The maximum atomic E-state index is 12.6. The summed E-state index contributed by atoms with van der Waals surface area (Å²) >= 11 is 0. The molecular weight excluding hydrogens is 181 g/mol. The minimum atomic E-state index is -0.250. The molecule has 0 saturated heterocycles. The van der Waals surface area contributed by atoms with E-state index < -0.39 is 0 Å². The molecule has 2 aromatic rings. The van der Waals surface area contributed by atoms with Crippen LogP contribution in [0.15, 0.2) is 36.7 Å². The highest BCUT2D eigenvalue weighted by Crippen LogP contribution is 2.08. The van der Waals surface area contributed by atoms with Gasteiger partial charge in [0.1, 0.15) is 5.82 Å². The van der Waals surface area contributed by atoms with E-state index in [0.29, 0.717) is 6.54 Å². The van der Waals surface area contributed by atoms with Crippen molar-refractivity contribution in [3.8, 4) is 5.69 Å². The summed E-state index contributed by atoms with van der Waals surface area (Å²) in [6, 6.07) is 6.14. The number of hydrogen-bond donors (Lipinski definition) is 1. The molecule has 3 nitrogen and oxygen atoms in total. The van der Waals surface area contributed by atoms with Gasteiger partial charge in [-0.2, -0.15) is 5.10 Å². The van der Waals surface area contributed by atoms with Crippen molar-refractivity contribution < 1.29 is 4.39 Å². The summed E-state index contributed by atoms with van der Waals surface area (Å²) in [7, 11) is 0. The first kappa shape index (κ1) is 8.90. The van der Waals surface area contributed by atoms with Gasteiger partial charge in [0.25, 0.3) is 0 Å². The maximum Gasteiger partial charge on any atom is 0.123 e. The van der Waals surface area contributed by atoms with E-state index in [9.17, 15) is 4.39 Å². The molecule has 1 aromatic heterocycles. The van der Waals surface area contributed by atoms with Gasteiger partial charge in [-0.25, -0.2) is 9.07 Å². The van der Waals surface area contributed by atoms with Crippen molar-refractivity contribution in [1.29, 1.82) is 0 Å². The molecule has 1 aromatic carbocycles. The van der Waals surface area contributed by atoms with Gasteiger partial charge in [0.05, 0.1) is 11.9 Å². The molecule has 14 heavy (non-hydrogen) atoms. The molecule has 0 fully saturated rings. The van der Waals surface area contributed by atoms with Gasteiger partial charge >= 0.3 is 0 Å². The monoisotopic (exact) mass is 191 g/mol. The van der Waals surface area contributed by atoms with E-state index in [1.54, 1.807) is 23.0 Å². The van der Waals surface area contributed by atoms with Crippen molar-refractivity contribution in [2.24, 2.45) is 5.73 Å². The van der Waals surface area contributed by atoms with Crippen molar-refractivity contribution in [3.63, 3.8) is 0 Å². The highest BCUT2D eigenvalue weighted by Gasteiger charge is 1.99. The molecular formula is C10H10FN3. The average Bonchev–Trinajstić information content (AvgIpc) is 2.67. The van der Waals surface area contributed by atoms with Crippen LogP contribution in [0.5, 0.6) is 0 Å². The lowest BCUT2D eigenvalue weighted by Gasteiger charge is -1.99. The topological polar surface area (TPSA) is 43.8 Å². The van der Waals surface area contributed by atoms with Crippen LogP contribution in [0.25, 0.3) is 5.69 Å². The number of rotatable bonds is 2. The summed E-state index contributed by atoms with van der Waals surface area (Å²) in [6.07, 6.45) is 3.52. The fourth-order valence-electron chi connectivity index (χ4n) is 1.20. The molecule has 0 aliphatic heterocycles.